The van der Waals surface area contributed by atoms with Gasteiger partial charge < -0.3 is 9.47 Å². The van der Waals surface area contributed by atoms with E-state index in [-0.39, 0.29) is 11.9 Å². The molecule has 3 nitrogen and oxygen atoms in total. The number of methoxy groups -OCH3 is 1. The van der Waals surface area contributed by atoms with Crippen LogP contribution in [0, 0.1) is 0 Å². The van der Waals surface area contributed by atoms with Crippen LogP contribution in [0.25, 0.3) is 11.1 Å². The summed E-state index contributed by atoms with van der Waals surface area (Å²) in [7, 11) is 1.64. The molecule has 1 unspecified atom stereocenters. The van der Waals surface area contributed by atoms with Crippen LogP contribution in [0.2, 0.25) is 0 Å². The van der Waals surface area contributed by atoms with E-state index in [1.54, 1.807) is 14.0 Å². The van der Waals surface area contributed by atoms with Crippen molar-refractivity contribution < 1.29 is 14.3 Å². The lowest BCUT2D eigenvalue weighted by atomic mass is 9.90. The van der Waals surface area contributed by atoms with Gasteiger partial charge in [0.1, 0.15) is 23.4 Å². The summed E-state index contributed by atoms with van der Waals surface area (Å²) >= 11 is 0. The third-order valence-electron chi connectivity index (χ3n) is 3.52. The van der Waals surface area contributed by atoms with Crippen LogP contribution in [-0.4, -0.2) is 12.9 Å². The number of hydrogen-bond donors (Lipinski definition) is 0. The summed E-state index contributed by atoms with van der Waals surface area (Å²) < 4.78 is 11.3. The van der Waals surface area contributed by atoms with Crippen molar-refractivity contribution in [3.63, 3.8) is 0 Å². The van der Waals surface area contributed by atoms with Crippen LogP contribution >= 0.6 is 0 Å². The Morgan fingerprint density at radius 3 is 2.75 bits per heavy atom. The highest BCUT2D eigenvalue weighted by Gasteiger charge is 2.27. The molecule has 1 aliphatic heterocycles. The number of ether oxygens (including phenoxy) is 2. The lowest BCUT2D eigenvalue weighted by Gasteiger charge is -2.28. The van der Waals surface area contributed by atoms with Gasteiger partial charge in [-0.2, -0.15) is 0 Å². The number of benzene rings is 2. The van der Waals surface area contributed by atoms with Gasteiger partial charge in [0.05, 0.1) is 7.11 Å². The maximum atomic E-state index is 11.5. The second-order valence-corrected chi connectivity index (χ2v) is 4.96. The molecule has 0 amide bonds. The Kier molecular flexibility index (Phi) is 3.18. The minimum absolute atomic E-state index is 0.114. The molecule has 2 aromatic carbocycles. The molecule has 2 aromatic rings. The summed E-state index contributed by atoms with van der Waals surface area (Å²) in [4.78, 5) is 11.5. The first kappa shape index (κ1) is 12.7. The number of rotatable bonds is 3. The van der Waals surface area contributed by atoms with E-state index in [4.69, 9.17) is 9.47 Å². The van der Waals surface area contributed by atoms with Crippen LogP contribution in [0.5, 0.6) is 11.5 Å². The van der Waals surface area contributed by atoms with Crippen molar-refractivity contribution in [1.29, 1.82) is 0 Å². The summed E-state index contributed by atoms with van der Waals surface area (Å²) in [6.45, 7) is 1.59. The van der Waals surface area contributed by atoms with Crippen molar-refractivity contribution in [3.05, 3.63) is 48.0 Å². The Hall–Kier alpha value is -2.29. The fourth-order valence-electron chi connectivity index (χ4n) is 2.60. The van der Waals surface area contributed by atoms with Crippen molar-refractivity contribution in [2.75, 3.05) is 7.11 Å². The number of hydrogen-bond acceptors (Lipinski definition) is 3. The largest absolute Gasteiger partial charge is 0.497 e. The van der Waals surface area contributed by atoms with Crippen molar-refractivity contribution in [2.45, 2.75) is 19.4 Å². The van der Waals surface area contributed by atoms with Crippen LogP contribution in [0.15, 0.2) is 42.5 Å². The van der Waals surface area contributed by atoms with E-state index in [1.165, 1.54) is 0 Å². The molecule has 0 bridgehead atoms. The number of ketones is 1. The number of carbonyl (C=O) groups excluding carboxylic acids is 1. The van der Waals surface area contributed by atoms with Gasteiger partial charge in [-0.15, -0.1) is 0 Å². The Labute approximate surface area is 118 Å². The van der Waals surface area contributed by atoms with Crippen molar-refractivity contribution in [2.24, 2.45) is 0 Å². The molecular formula is C17H16O3. The predicted octanol–water partition coefficient (Wildman–Crippen LogP) is 3.77. The van der Waals surface area contributed by atoms with E-state index in [0.717, 1.165) is 28.2 Å². The minimum atomic E-state index is -0.243. The van der Waals surface area contributed by atoms with Crippen molar-refractivity contribution in [3.8, 4) is 22.6 Å². The molecule has 0 saturated carbocycles. The Balaban J connectivity index is 2.15. The van der Waals surface area contributed by atoms with E-state index in [0.29, 0.717) is 6.42 Å². The average Bonchev–Trinajstić information content (AvgIpc) is 2.46. The second kappa shape index (κ2) is 5.00. The first-order valence-corrected chi connectivity index (χ1v) is 6.62. The molecule has 0 fully saturated rings. The second-order valence-electron chi connectivity index (χ2n) is 4.96. The van der Waals surface area contributed by atoms with Crippen LogP contribution < -0.4 is 9.47 Å². The van der Waals surface area contributed by atoms with Gasteiger partial charge in [-0.25, -0.2) is 0 Å². The molecule has 0 N–H and O–H groups in total. The third kappa shape index (κ3) is 2.16. The van der Waals surface area contributed by atoms with Gasteiger partial charge in [0.15, 0.2) is 0 Å². The van der Waals surface area contributed by atoms with Crippen LogP contribution in [0.1, 0.15) is 25.0 Å². The highest BCUT2D eigenvalue weighted by molar-refractivity contribution is 5.80. The molecule has 102 valence electrons. The highest BCUT2D eigenvalue weighted by Crippen LogP contribution is 2.44. The lowest BCUT2D eigenvalue weighted by molar-refractivity contribution is -0.118. The van der Waals surface area contributed by atoms with Gasteiger partial charge in [0.2, 0.25) is 0 Å². The Bertz CT molecular complexity index is 661. The van der Waals surface area contributed by atoms with Gasteiger partial charge in [0.25, 0.3) is 0 Å². The summed E-state index contributed by atoms with van der Waals surface area (Å²) in [5.41, 5.74) is 3.18. The maximum Gasteiger partial charge on any atom is 0.133 e. The molecule has 1 heterocycles. The Morgan fingerprint density at radius 1 is 1.20 bits per heavy atom. The first-order valence-electron chi connectivity index (χ1n) is 6.62. The van der Waals surface area contributed by atoms with Gasteiger partial charge >= 0.3 is 0 Å². The maximum absolute atomic E-state index is 11.5. The van der Waals surface area contributed by atoms with Crippen LogP contribution in [0.3, 0.4) is 0 Å². The normalized spacial score (nSPS) is 15.8. The average molecular weight is 268 g/mol. The van der Waals surface area contributed by atoms with E-state index in [9.17, 15) is 4.79 Å². The molecule has 0 aromatic heterocycles. The van der Waals surface area contributed by atoms with Crippen molar-refractivity contribution >= 4 is 5.78 Å². The summed E-state index contributed by atoms with van der Waals surface area (Å²) in [5, 5.41) is 0. The lowest BCUT2D eigenvalue weighted by Crippen LogP contribution is -2.16. The quantitative estimate of drug-likeness (QED) is 0.850. The monoisotopic (exact) mass is 268 g/mol. The molecule has 0 saturated heterocycles. The predicted molar refractivity (Wildman–Crippen MR) is 77.1 cm³/mol. The van der Waals surface area contributed by atoms with E-state index in [2.05, 4.69) is 0 Å². The number of Topliss-reactive ketones (excluding diaryl/α,β-unsaturated/α-hetero) is 1. The standard InChI is InChI=1S/C17H16O3/c1-11(18)9-17-15-10-12(19-2)7-8-13(15)14-5-3-4-6-16(14)20-17/h3-8,10,17H,9H2,1-2H3. The third-order valence-corrected chi connectivity index (χ3v) is 3.52. The van der Waals surface area contributed by atoms with Gasteiger partial charge in [-0.05, 0) is 30.7 Å². The smallest absolute Gasteiger partial charge is 0.133 e. The molecule has 1 aliphatic rings. The van der Waals surface area contributed by atoms with Crippen LogP contribution in [-0.2, 0) is 4.79 Å². The highest BCUT2D eigenvalue weighted by atomic mass is 16.5. The number of carbonyl (C=O) groups is 1. The van der Waals surface area contributed by atoms with E-state index >= 15 is 0 Å². The zero-order valence-corrected chi connectivity index (χ0v) is 11.6. The van der Waals surface area contributed by atoms with Crippen molar-refractivity contribution in [1.82, 2.24) is 0 Å². The summed E-state index contributed by atoms with van der Waals surface area (Å²) in [6, 6.07) is 13.8. The number of para-hydroxylation sites is 1. The Morgan fingerprint density at radius 2 is 2.00 bits per heavy atom. The zero-order chi connectivity index (χ0) is 14.1. The van der Waals surface area contributed by atoms with Crippen LogP contribution in [0.4, 0.5) is 0 Å². The minimum Gasteiger partial charge on any atom is -0.497 e. The molecule has 0 spiro atoms. The summed E-state index contributed by atoms with van der Waals surface area (Å²) in [6.07, 6.45) is 0.126. The van der Waals surface area contributed by atoms with Gasteiger partial charge in [0, 0.05) is 17.5 Å². The van der Waals surface area contributed by atoms with E-state index < -0.39 is 0 Å². The molecule has 0 aliphatic carbocycles. The zero-order valence-electron chi connectivity index (χ0n) is 11.6. The van der Waals surface area contributed by atoms with Gasteiger partial charge in [-0.1, -0.05) is 24.3 Å². The fourth-order valence-corrected chi connectivity index (χ4v) is 2.60. The molecule has 1 atom stereocenters. The summed E-state index contributed by atoms with van der Waals surface area (Å²) in [5.74, 6) is 1.72. The molecule has 3 heteroatoms. The molecule has 20 heavy (non-hydrogen) atoms. The molecule has 3 rings (SSSR count). The molecule has 0 radical (unpaired) electrons. The topological polar surface area (TPSA) is 35.5 Å². The SMILES string of the molecule is COc1ccc2c(c1)C(CC(C)=O)Oc1ccccc1-2. The van der Waals surface area contributed by atoms with E-state index in [1.807, 2.05) is 42.5 Å². The molecular weight excluding hydrogens is 252 g/mol. The number of fused-ring (bicyclic) bond motifs is 3. The first-order chi connectivity index (χ1) is 9.69. The fraction of sp³-hybridized carbons (Fsp3) is 0.235. The van der Waals surface area contributed by atoms with Gasteiger partial charge in [-0.3, -0.25) is 4.79 Å².